The van der Waals surface area contributed by atoms with E-state index in [0.29, 0.717) is 0 Å². The lowest BCUT2D eigenvalue weighted by Crippen LogP contribution is -2.43. The van der Waals surface area contributed by atoms with Gasteiger partial charge in [0.05, 0.1) is 13.2 Å². The zero-order chi connectivity index (χ0) is 21.7. The van der Waals surface area contributed by atoms with Gasteiger partial charge in [-0.15, -0.1) is 0 Å². The van der Waals surface area contributed by atoms with Crippen molar-refractivity contribution in [3.05, 3.63) is 65.5 Å². The highest BCUT2D eigenvalue weighted by molar-refractivity contribution is 6.26. The monoisotopic (exact) mass is 411 g/mol. The summed E-state index contributed by atoms with van der Waals surface area (Å²) in [6.45, 7) is 3.98. The van der Waals surface area contributed by atoms with Crippen molar-refractivity contribution in [1.82, 2.24) is 9.47 Å². The summed E-state index contributed by atoms with van der Waals surface area (Å²) in [7, 11) is 0. The van der Waals surface area contributed by atoms with Crippen molar-refractivity contribution in [2.75, 3.05) is 13.2 Å². The van der Waals surface area contributed by atoms with Crippen LogP contribution in [0.3, 0.4) is 0 Å². The molecule has 0 aliphatic carbocycles. The summed E-state index contributed by atoms with van der Waals surface area (Å²) >= 11 is 0. The molecule has 0 bridgehead atoms. The minimum Gasteiger partial charge on any atom is -0.464 e. The largest absolute Gasteiger partial charge is 0.464 e. The highest BCUT2D eigenvalue weighted by Crippen LogP contribution is 2.33. The molecule has 0 fully saturated rings. The molecule has 2 heterocycles. The van der Waals surface area contributed by atoms with Crippen LogP contribution in [0.5, 0.6) is 0 Å². The Morgan fingerprint density at radius 3 is 2.33 bits per heavy atom. The van der Waals surface area contributed by atoms with Gasteiger partial charge in [-0.3, -0.25) is 4.79 Å². The van der Waals surface area contributed by atoms with Crippen LogP contribution in [0.25, 0.3) is 5.70 Å². The predicted molar refractivity (Wildman–Crippen MR) is 110 cm³/mol. The number of hydrogen-bond acceptors (Lipinski definition) is 6. The van der Waals surface area contributed by atoms with Crippen molar-refractivity contribution < 1.29 is 23.9 Å². The molecule has 158 valence electrons. The van der Waals surface area contributed by atoms with Gasteiger partial charge in [-0.2, -0.15) is 0 Å². The number of aromatic nitrogens is 1. The number of amides is 1. The van der Waals surface area contributed by atoms with Crippen LogP contribution < -0.4 is 5.73 Å². The van der Waals surface area contributed by atoms with Gasteiger partial charge in [0, 0.05) is 25.5 Å². The van der Waals surface area contributed by atoms with Gasteiger partial charge >= 0.3 is 11.9 Å². The van der Waals surface area contributed by atoms with Gasteiger partial charge in [-0.1, -0.05) is 30.3 Å². The van der Waals surface area contributed by atoms with Crippen molar-refractivity contribution in [1.29, 1.82) is 0 Å². The summed E-state index contributed by atoms with van der Waals surface area (Å²) in [6, 6.07) is 9.79. The standard InChI is InChI=1S/C22H25N3O5/c1-3-29-21(27)17-18(24-11-10-16(12-23)13-24)20(26)25(19(17)22(28)30-4-2)14-15-8-6-5-7-9-15/h5-11,13,19H,3-4,12,14,23H2,1-2H3. The third kappa shape index (κ3) is 4.13. The maximum Gasteiger partial charge on any atom is 0.339 e. The third-order valence-electron chi connectivity index (χ3n) is 4.75. The summed E-state index contributed by atoms with van der Waals surface area (Å²) < 4.78 is 11.9. The van der Waals surface area contributed by atoms with Crippen LogP contribution in [0.2, 0.25) is 0 Å². The molecule has 1 unspecified atom stereocenters. The van der Waals surface area contributed by atoms with Crippen molar-refractivity contribution in [2.45, 2.75) is 33.0 Å². The fourth-order valence-electron chi connectivity index (χ4n) is 3.43. The number of hydrogen-bond donors (Lipinski definition) is 1. The molecular weight excluding hydrogens is 386 g/mol. The van der Waals surface area contributed by atoms with Gasteiger partial charge in [-0.25, -0.2) is 9.59 Å². The van der Waals surface area contributed by atoms with Crippen LogP contribution in [0, 0.1) is 0 Å². The Bertz CT molecular complexity index is 964. The Kier molecular flexibility index (Phi) is 6.68. The fraction of sp³-hybridized carbons (Fsp3) is 0.318. The second-order valence-electron chi connectivity index (χ2n) is 6.69. The second kappa shape index (κ2) is 9.41. The Hall–Kier alpha value is -3.39. The molecule has 1 atom stereocenters. The summed E-state index contributed by atoms with van der Waals surface area (Å²) in [6.07, 6.45) is 3.31. The maximum absolute atomic E-state index is 13.4. The molecule has 0 radical (unpaired) electrons. The van der Waals surface area contributed by atoms with E-state index in [2.05, 4.69) is 0 Å². The topological polar surface area (TPSA) is 104 Å². The number of carbonyl (C=O) groups is 3. The number of ether oxygens (including phenoxy) is 2. The quantitative estimate of drug-likeness (QED) is 0.663. The van der Waals surface area contributed by atoms with E-state index in [1.54, 1.807) is 32.3 Å². The molecule has 2 aromatic rings. The molecule has 8 nitrogen and oxygen atoms in total. The molecular formula is C22H25N3O5. The van der Waals surface area contributed by atoms with E-state index in [4.69, 9.17) is 15.2 Å². The van der Waals surface area contributed by atoms with Crippen LogP contribution in [-0.2, 0) is 36.9 Å². The number of esters is 2. The van der Waals surface area contributed by atoms with E-state index in [0.717, 1.165) is 11.1 Å². The first-order valence-electron chi connectivity index (χ1n) is 9.81. The summed E-state index contributed by atoms with van der Waals surface area (Å²) in [4.78, 5) is 40.5. The molecule has 0 saturated carbocycles. The van der Waals surface area contributed by atoms with Crippen molar-refractivity contribution >= 4 is 23.5 Å². The lowest BCUT2D eigenvalue weighted by Gasteiger charge is -2.24. The first-order valence-corrected chi connectivity index (χ1v) is 9.81. The summed E-state index contributed by atoms with van der Waals surface area (Å²) in [5.74, 6) is -1.86. The van der Waals surface area contributed by atoms with E-state index < -0.39 is 23.9 Å². The van der Waals surface area contributed by atoms with Gasteiger partial charge in [0.15, 0.2) is 6.04 Å². The van der Waals surface area contributed by atoms with Gasteiger partial charge in [0.25, 0.3) is 5.91 Å². The molecule has 1 amide bonds. The SMILES string of the molecule is CCOC(=O)C1=C(n2ccc(CN)c2)C(=O)N(Cc2ccccc2)C1C(=O)OCC. The Labute approximate surface area is 174 Å². The predicted octanol–water partition coefficient (Wildman–Crippen LogP) is 1.70. The molecule has 3 rings (SSSR count). The van der Waals surface area contributed by atoms with Crippen molar-refractivity contribution in [3.63, 3.8) is 0 Å². The average molecular weight is 411 g/mol. The summed E-state index contributed by atoms with van der Waals surface area (Å²) in [5.41, 5.74) is 7.34. The Morgan fingerprint density at radius 1 is 1.03 bits per heavy atom. The van der Waals surface area contributed by atoms with Crippen LogP contribution >= 0.6 is 0 Å². The number of carbonyl (C=O) groups excluding carboxylic acids is 3. The number of nitrogens with zero attached hydrogens (tertiary/aromatic N) is 2. The number of nitrogens with two attached hydrogens (primary N) is 1. The van der Waals surface area contributed by atoms with Crippen LogP contribution in [0.4, 0.5) is 0 Å². The highest BCUT2D eigenvalue weighted by Gasteiger charge is 2.48. The lowest BCUT2D eigenvalue weighted by molar-refractivity contribution is -0.153. The molecule has 1 aliphatic heterocycles. The molecule has 1 aromatic carbocycles. The molecule has 1 aliphatic rings. The van der Waals surface area contributed by atoms with E-state index in [1.807, 2.05) is 30.3 Å². The lowest BCUT2D eigenvalue weighted by atomic mass is 10.1. The van der Waals surface area contributed by atoms with Crippen LogP contribution in [0.1, 0.15) is 25.0 Å². The fourth-order valence-corrected chi connectivity index (χ4v) is 3.43. The third-order valence-corrected chi connectivity index (χ3v) is 4.75. The Morgan fingerprint density at radius 2 is 1.73 bits per heavy atom. The second-order valence-corrected chi connectivity index (χ2v) is 6.69. The zero-order valence-electron chi connectivity index (χ0n) is 17.0. The van der Waals surface area contributed by atoms with E-state index >= 15 is 0 Å². The van der Waals surface area contributed by atoms with Crippen molar-refractivity contribution in [3.8, 4) is 0 Å². The molecule has 1 aromatic heterocycles. The highest BCUT2D eigenvalue weighted by atomic mass is 16.5. The van der Waals surface area contributed by atoms with Gasteiger partial charge < -0.3 is 24.7 Å². The number of rotatable bonds is 8. The first kappa shape index (κ1) is 21.3. The minimum absolute atomic E-state index is 0.0320. The first-order chi connectivity index (χ1) is 14.5. The van der Waals surface area contributed by atoms with E-state index in [1.165, 1.54) is 9.47 Å². The maximum atomic E-state index is 13.4. The Balaban J connectivity index is 2.13. The molecule has 0 spiro atoms. The smallest absolute Gasteiger partial charge is 0.339 e. The van der Waals surface area contributed by atoms with Crippen molar-refractivity contribution in [2.24, 2.45) is 5.73 Å². The van der Waals surface area contributed by atoms with Crippen LogP contribution in [-0.4, -0.2) is 46.6 Å². The van der Waals surface area contributed by atoms with E-state index in [-0.39, 0.29) is 37.6 Å². The van der Waals surface area contributed by atoms with Gasteiger partial charge in [0.2, 0.25) is 0 Å². The zero-order valence-corrected chi connectivity index (χ0v) is 17.0. The normalized spacial score (nSPS) is 16.2. The van der Waals surface area contributed by atoms with Crippen LogP contribution in [0.15, 0.2) is 54.4 Å². The molecule has 8 heteroatoms. The molecule has 30 heavy (non-hydrogen) atoms. The van der Waals surface area contributed by atoms with Gasteiger partial charge in [-0.05, 0) is 31.0 Å². The molecule has 2 N–H and O–H groups in total. The number of benzene rings is 1. The van der Waals surface area contributed by atoms with Gasteiger partial charge in [0.1, 0.15) is 11.3 Å². The van der Waals surface area contributed by atoms with E-state index in [9.17, 15) is 14.4 Å². The molecule has 0 saturated heterocycles. The average Bonchev–Trinajstić information content (AvgIpc) is 3.32. The minimum atomic E-state index is -1.20. The summed E-state index contributed by atoms with van der Waals surface area (Å²) in [5, 5.41) is 0.